The van der Waals surface area contributed by atoms with Crippen molar-refractivity contribution in [2.75, 3.05) is 0 Å². The van der Waals surface area contributed by atoms with Gasteiger partial charge in [0.25, 0.3) is 0 Å². The quantitative estimate of drug-likeness (QED) is 0.889. The summed E-state index contributed by atoms with van der Waals surface area (Å²) in [6, 6.07) is 0.360. The standard InChI is InChI=1S/C16H26N6/c1-3-4-9-22-16(12-5-7-13(17)8-6-12)19-15(21-22)14-10-18-20-11(14)2/h10,12-13H,3-9,17H2,1-2H3,(H,18,20). The van der Waals surface area contributed by atoms with Crippen LogP contribution < -0.4 is 5.73 Å². The molecule has 0 spiro atoms. The van der Waals surface area contributed by atoms with Crippen molar-refractivity contribution in [3.63, 3.8) is 0 Å². The molecule has 120 valence electrons. The molecular weight excluding hydrogens is 276 g/mol. The molecule has 2 aromatic rings. The van der Waals surface area contributed by atoms with Crippen LogP contribution in [0, 0.1) is 6.92 Å². The smallest absolute Gasteiger partial charge is 0.184 e. The number of aromatic nitrogens is 5. The lowest BCUT2D eigenvalue weighted by Crippen LogP contribution is -2.27. The van der Waals surface area contributed by atoms with Gasteiger partial charge in [-0.3, -0.25) is 5.10 Å². The Balaban J connectivity index is 1.89. The van der Waals surface area contributed by atoms with E-state index in [1.54, 1.807) is 0 Å². The number of unbranched alkanes of at least 4 members (excludes halogenated alkanes) is 1. The SMILES string of the molecule is CCCCn1nc(-c2cn[nH]c2C)nc1C1CCC(N)CC1. The van der Waals surface area contributed by atoms with E-state index >= 15 is 0 Å². The number of H-pyrrole nitrogens is 1. The fourth-order valence-corrected chi connectivity index (χ4v) is 3.20. The molecule has 1 saturated carbocycles. The first-order valence-electron chi connectivity index (χ1n) is 8.39. The average Bonchev–Trinajstić information content (AvgIpc) is 3.12. The Bertz CT molecular complexity index is 606. The summed E-state index contributed by atoms with van der Waals surface area (Å²) in [6.07, 6.45) is 8.53. The third-order valence-corrected chi connectivity index (χ3v) is 4.63. The van der Waals surface area contributed by atoms with Gasteiger partial charge in [-0.2, -0.15) is 10.2 Å². The monoisotopic (exact) mass is 302 g/mol. The highest BCUT2D eigenvalue weighted by Gasteiger charge is 2.26. The second-order valence-electron chi connectivity index (χ2n) is 6.39. The summed E-state index contributed by atoms with van der Waals surface area (Å²) in [6.45, 7) is 5.16. The van der Waals surface area contributed by atoms with E-state index in [1.807, 2.05) is 13.1 Å². The van der Waals surface area contributed by atoms with Crippen molar-refractivity contribution in [2.45, 2.75) is 70.9 Å². The van der Waals surface area contributed by atoms with Crippen LogP contribution >= 0.6 is 0 Å². The van der Waals surface area contributed by atoms with Gasteiger partial charge in [-0.25, -0.2) is 9.67 Å². The van der Waals surface area contributed by atoms with Crippen molar-refractivity contribution in [3.8, 4) is 11.4 Å². The van der Waals surface area contributed by atoms with Gasteiger partial charge in [-0.1, -0.05) is 13.3 Å². The number of nitrogens with zero attached hydrogens (tertiary/aromatic N) is 4. The summed E-state index contributed by atoms with van der Waals surface area (Å²) in [4.78, 5) is 4.87. The van der Waals surface area contributed by atoms with Crippen LogP contribution in [-0.4, -0.2) is 31.0 Å². The maximum Gasteiger partial charge on any atom is 0.184 e. The Morgan fingerprint density at radius 3 is 2.73 bits per heavy atom. The molecule has 0 aromatic carbocycles. The zero-order valence-corrected chi connectivity index (χ0v) is 13.5. The molecule has 1 aliphatic rings. The van der Waals surface area contributed by atoms with Crippen LogP contribution in [0.1, 0.15) is 62.9 Å². The lowest BCUT2D eigenvalue weighted by molar-refractivity contribution is 0.369. The molecule has 0 unspecified atom stereocenters. The van der Waals surface area contributed by atoms with E-state index < -0.39 is 0 Å². The summed E-state index contributed by atoms with van der Waals surface area (Å²) in [7, 11) is 0. The number of hydrogen-bond donors (Lipinski definition) is 2. The van der Waals surface area contributed by atoms with Gasteiger partial charge in [0.1, 0.15) is 5.82 Å². The van der Waals surface area contributed by atoms with Gasteiger partial charge in [0.2, 0.25) is 0 Å². The van der Waals surface area contributed by atoms with Crippen LogP contribution in [0.4, 0.5) is 0 Å². The Hall–Kier alpha value is -1.69. The van der Waals surface area contributed by atoms with Crippen LogP contribution in [0.25, 0.3) is 11.4 Å². The molecule has 6 heteroatoms. The minimum absolute atomic E-state index is 0.360. The second-order valence-corrected chi connectivity index (χ2v) is 6.39. The Morgan fingerprint density at radius 2 is 2.09 bits per heavy atom. The molecule has 0 bridgehead atoms. The first-order chi connectivity index (χ1) is 10.7. The predicted molar refractivity (Wildman–Crippen MR) is 86.4 cm³/mol. The fourth-order valence-electron chi connectivity index (χ4n) is 3.20. The Labute approximate surface area is 131 Å². The van der Waals surface area contributed by atoms with Crippen LogP contribution in [0.5, 0.6) is 0 Å². The van der Waals surface area contributed by atoms with Crippen molar-refractivity contribution in [2.24, 2.45) is 5.73 Å². The van der Waals surface area contributed by atoms with E-state index in [4.69, 9.17) is 15.8 Å². The molecule has 2 aromatic heterocycles. The molecule has 2 heterocycles. The molecule has 22 heavy (non-hydrogen) atoms. The molecule has 3 N–H and O–H groups in total. The molecule has 0 radical (unpaired) electrons. The van der Waals surface area contributed by atoms with Gasteiger partial charge in [-0.15, -0.1) is 0 Å². The number of aryl methyl sites for hydroxylation is 2. The van der Waals surface area contributed by atoms with Crippen molar-refractivity contribution < 1.29 is 0 Å². The van der Waals surface area contributed by atoms with Crippen molar-refractivity contribution >= 4 is 0 Å². The van der Waals surface area contributed by atoms with Gasteiger partial charge in [0.15, 0.2) is 5.82 Å². The molecule has 1 aliphatic carbocycles. The zero-order chi connectivity index (χ0) is 15.5. The van der Waals surface area contributed by atoms with E-state index in [-0.39, 0.29) is 0 Å². The predicted octanol–water partition coefficient (Wildman–Crippen LogP) is 2.76. The minimum atomic E-state index is 0.360. The highest BCUT2D eigenvalue weighted by Crippen LogP contribution is 2.32. The van der Waals surface area contributed by atoms with Crippen LogP contribution in [-0.2, 0) is 6.54 Å². The van der Waals surface area contributed by atoms with Crippen molar-refractivity contribution in [1.29, 1.82) is 0 Å². The third-order valence-electron chi connectivity index (χ3n) is 4.63. The highest BCUT2D eigenvalue weighted by molar-refractivity contribution is 5.56. The molecule has 1 fully saturated rings. The summed E-state index contributed by atoms with van der Waals surface area (Å²) >= 11 is 0. The third kappa shape index (κ3) is 3.06. The van der Waals surface area contributed by atoms with Gasteiger partial charge >= 0.3 is 0 Å². The zero-order valence-electron chi connectivity index (χ0n) is 13.5. The van der Waals surface area contributed by atoms with Gasteiger partial charge < -0.3 is 5.73 Å². The first kappa shape index (κ1) is 15.2. The minimum Gasteiger partial charge on any atom is -0.328 e. The van der Waals surface area contributed by atoms with Crippen molar-refractivity contribution in [3.05, 3.63) is 17.7 Å². The summed E-state index contributed by atoms with van der Waals surface area (Å²) < 4.78 is 2.12. The molecule has 0 saturated heterocycles. The van der Waals surface area contributed by atoms with E-state index in [2.05, 4.69) is 21.8 Å². The Morgan fingerprint density at radius 1 is 1.32 bits per heavy atom. The lowest BCUT2D eigenvalue weighted by atomic mass is 9.86. The molecule has 3 rings (SSSR count). The highest BCUT2D eigenvalue weighted by atomic mass is 15.4. The number of aromatic amines is 1. The van der Waals surface area contributed by atoms with Crippen LogP contribution in [0.3, 0.4) is 0 Å². The normalized spacial score (nSPS) is 22.1. The lowest BCUT2D eigenvalue weighted by Gasteiger charge is -2.25. The van der Waals surface area contributed by atoms with Crippen LogP contribution in [0.15, 0.2) is 6.20 Å². The maximum absolute atomic E-state index is 6.04. The van der Waals surface area contributed by atoms with Crippen molar-refractivity contribution in [1.82, 2.24) is 25.0 Å². The Kier molecular flexibility index (Phi) is 4.57. The number of nitrogens with two attached hydrogens (primary N) is 1. The van der Waals surface area contributed by atoms with E-state index in [0.29, 0.717) is 12.0 Å². The van der Waals surface area contributed by atoms with Gasteiger partial charge in [-0.05, 0) is 39.0 Å². The second kappa shape index (κ2) is 6.60. The van der Waals surface area contributed by atoms with E-state index in [1.165, 1.54) is 0 Å². The van der Waals surface area contributed by atoms with E-state index in [9.17, 15) is 0 Å². The first-order valence-corrected chi connectivity index (χ1v) is 8.39. The largest absolute Gasteiger partial charge is 0.328 e. The molecule has 0 aliphatic heterocycles. The maximum atomic E-state index is 6.04. The summed E-state index contributed by atoms with van der Waals surface area (Å²) in [5.41, 5.74) is 8.06. The molecular formula is C16H26N6. The molecule has 0 atom stereocenters. The van der Waals surface area contributed by atoms with Gasteiger partial charge in [0, 0.05) is 24.2 Å². The van der Waals surface area contributed by atoms with Gasteiger partial charge in [0.05, 0.1) is 11.8 Å². The summed E-state index contributed by atoms with van der Waals surface area (Å²) in [5.74, 6) is 2.42. The fraction of sp³-hybridized carbons (Fsp3) is 0.688. The number of hydrogen-bond acceptors (Lipinski definition) is 4. The number of nitrogens with one attached hydrogen (secondary N) is 1. The molecule has 0 amide bonds. The van der Waals surface area contributed by atoms with Crippen LogP contribution in [0.2, 0.25) is 0 Å². The topological polar surface area (TPSA) is 85.4 Å². The van der Waals surface area contributed by atoms with E-state index in [0.717, 1.165) is 68.0 Å². The summed E-state index contributed by atoms with van der Waals surface area (Å²) in [5, 5.41) is 11.8. The molecule has 6 nitrogen and oxygen atoms in total. The number of rotatable bonds is 5. The average molecular weight is 302 g/mol.